The van der Waals surface area contributed by atoms with Crippen molar-refractivity contribution in [2.45, 2.75) is 52.7 Å². The summed E-state index contributed by atoms with van der Waals surface area (Å²) in [4.78, 5) is 25.1. The van der Waals surface area contributed by atoms with Crippen LogP contribution in [0.3, 0.4) is 0 Å². The average molecular weight is 368 g/mol. The van der Waals surface area contributed by atoms with Crippen LogP contribution in [0.5, 0.6) is 0 Å². The number of amides is 2. The highest BCUT2D eigenvalue weighted by Gasteiger charge is 2.25. The first-order valence-corrected chi connectivity index (χ1v) is 9.05. The molecule has 0 heterocycles. The SMILES string of the molecule is Cc1ccc(NC(=O)[C@@H](Cc2ccccc2)NC(=O)OC(C)(C)C)c(C)c1. The molecule has 0 aliphatic rings. The Morgan fingerprint density at radius 1 is 1.04 bits per heavy atom. The molecule has 27 heavy (non-hydrogen) atoms. The molecular weight excluding hydrogens is 340 g/mol. The molecule has 0 bridgehead atoms. The van der Waals surface area contributed by atoms with Gasteiger partial charge in [0.2, 0.25) is 5.91 Å². The molecule has 0 aliphatic heterocycles. The van der Waals surface area contributed by atoms with E-state index in [1.165, 1.54) is 0 Å². The van der Waals surface area contributed by atoms with Crippen molar-refractivity contribution in [3.05, 3.63) is 65.2 Å². The van der Waals surface area contributed by atoms with Gasteiger partial charge in [0.05, 0.1) is 0 Å². The minimum Gasteiger partial charge on any atom is -0.444 e. The largest absolute Gasteiger partial charge is 0.444 e. The summed E-state index contributed by atoms with van der Waals surface area (Å²) in [6.07, 6.45) is -0.240. The van der Waals surface area contributed by atoms with E-state index in [0.29, 0.717) is 6.42 Å². The zero-order chi connectivity index (χ0) is 20.0. The fraction of sp³-hybridized carbons (Fsp3) is 0.364. The van der Waals surface area contributed by atoms with Gasteiger partial charge in [-0.1, -0.05) is 48.0 Å². The summed E-state index contributed by atoms with van der Waals surface area (Å²) in [5.41, 5.74) is 3.15. The minimum atomic E-state index is -0.747. The molecule has 5 nitrogen and oxygen atoms in total. The van der Waals surface area contributed by atoms with Crippen LogP contribution in [0.25, 0.3) is 0 Å². The smallest absolute Gasteiger partial charge is 0.408 e. The van der Waals surface area contributed by atoms with E-state index < -0.39 is 17.7 Å². The van der Waals surface area contributed by atoms with Crippen molar-refractivity contribution < 1.29 is 14.3 Å². The van der Waals surface area contributed by atoms with Gasteiger partial charge in [-0.2, -0.15) is 0 Å². The maximum Gasteiger partial charge on any atom is 0.408 e. The van der Waals surface area contributed by atoms with Gasteiger partial charge < -0.3 is 15.4 Å². The number of ether oxygens (including phenoxy) is 1. The Kier molecular flexibility index (Phi) is 6.61. The van der Waals surface area contributed by atoms with E-state index >= 15 is 0 Å². The third-order valence-corrected chi connectivity index (χ3v) is 3.93. The molecule has 2 amide bonds. The highest BCUT2D eigenvalue weighted by molar-refractivity contribution is 5.97. The van der Waals surface area contributed by atoms with Crippen molar-refractivity contribution in [2.24, 2.45) is 0 Å². The summed E-state index contributed by atoms with van der Waals surface area (Å²) < 4.78 is 5.32. The number of rotatable bonds is 5. The molecule has 2 N–H and O–H groups in total. The number of nitrogens with one attached hydrogen (secondary N) is 2. The molecule has 2 aromatic carbocycles. The number of alkyl carbamates (subject to hydrolysis) is 1. The van der Waals surface area contributed by atoms with E-state index in [4.69, 9.17) is 4.74 Å². The Morgan fingerprint density at radius 3 is 2.30 bits per heavy atom. The lowest BCUT2D eigenvalue weighted by Crippen LogP contribution is -2.47. The van der Waals surface area contributed by atoms with E-state index in [0.717, 1.165) is 22.4 Å². The van der Waals surface area contributed by atoms with E-state index in [9.17, 15) is 9.59 Å². The Morgan fingerprint density at radius 2 is 1.70 bits per heavy atom. The van der Waals surface area contributed by atoms with Gasteiger partial charge in [-0.15, -0.1) is 0 Å². The van der Waals surface area contributed by atoms with Crippen molar-refractivity contribution >= 4 is 17.7 Å². The highest BCUT2D eigenvalue weighted by atomic mass is 16.6. The molecular formula is C22H28N2O3. The van der Waals surface area contributed by atoms with Crippen molar-refractivity contribution in [3.8, 4) is 0 Å². The quantitative estimate of drug-likeness (QED) is 0.823. The summed E-state index contributed by atoms with van der Waals surface area (Å²) >= 11 is 0. The lowest BCUT2D eigenvalue weighted by Gasteiger charge is -2.23. The number of anilines is 1. The van der Waals surface area contributed by atoms with Crippen LogP contribution in [0.2, 0.25) is 0 Å². The molecule has 0 saturated heterocycles. The molecule has 0 aliphatic carbocycles. The van der Waals surface area contributed by atoms with E-state index in [2.05, 4.69) is 10.6 Å². The molecule has 2 rings (SSSR count). The van der Waals surface area contributed by atoms with Crippen LogP contribution in [0, 0.1) is 13.8 Å². The molecule has 2 aromatic rings. The summed E-state index contributed by atoms with van der Waals surface area (Å²) in [6.45, 7) is 9.30. The van der Waals surface area contributed by atoms with Gasteiger partial charge in [-0.25, -0.2) is 4.79 Å². The van der Waals surface area contributed by atoms with Gasteiger partial charge in [0.25, 0.3) is 0 Å². The summed E-state index contributed by atoms with van der Waals surface area (Å²) in [5, 5.41) is 5.62. The highest BCUT2D eigenvalue weighted by Crippen LogP contribution is 2.17. The molecule has 0 unspecified atom stereocenters. The topological polar surface area (TPSA) is 67.4 Å². The van der Waals surface area contributed by atoms with E-state index in [-0.39, 0.29) is 5.91 Å². The van der Waals surface area contributed by atoms with Crippen LogP contribution in [0.15, 0.2) is 48.5 Å². The van der Waals surface area contributed by atoms with Gasteiger partial charge >= 0.3 is 6.09 Å². The average Bonchev–Trinajstić information content (AvgIpc) is 2.56. The first kappa shape index (κ1) is 20.5. The molecule has 0 radical (unpaired) electrons. The van der Waals surface area contributed by atoms with Gasteiger partial charge in [0.1, 0.15) is 11.6 Å². The molecule has 0 spiro atoms. The first-order valence-electron chi connectivity index (χ1n) is 9.05. The third kappa shape index (κ3) is 6.77. The number of carbonyl (C=O) groups excluding carboxylic acids is 2. The van der Waals surface area contributed by atoms with Crippen molar-refractivity contribution in [1.82, 2.24) is 5.32 Å². The summed E-state index contributed by atoms with van der Waals surface area (Å²) in [6, 6.07) is 14.6. The fourth-order valence-electron chi connectivity index (χ4n) is 2.68. The standard InChI is InChI=1S/C22H28N2O3/c1-15-11-12-18(16(2)13-15)23-20(25)19(14-17-9-7-6-8-10-17)24-21(26)27-22(3,4)5/h6-13,19H,14H2,1-5H3,(H,23,25)(H,24,26)/t19-/m1/s1. The maximum absolute atomic E-state index is 12.9. The molecule has 0 saturated carbocycles. The molecule has 0 aromatic heterocycles. The van der Waals surface area contributed by atoms with Crippen LogP contribution in [0.1, 0.15) is 37.5 Å². The summed E-state index contributed by atoms with van der Waals surface area (Å²) in [5.74, 6) is -0.281. The van der Waals surface area contributed by atoms with Gasteiger partial charge in [-0.3, -0.25) is 4.79 Å². The second-order valence-corrected chi connectivity index (χ2v) is 7.70. The Labute approximate surface area is 161 Å². The van der Waals surface area contributed by atoms with Crippen LogP contribution in [-0.2, 0) is 16.0 Å². The van der Waals surface area contributed by atoms with Crippen molar-refractivity contribution in [2.75, 3.05) is 5.32 Å². The van der Waals surface area contributed by atoms with E-state index in [1.807, 2.05) is 62.4 Å². The monoisotopic (exact) mass is 368 g/mol. The van der Waals surface area contributed by atoms with Crippen LogP contribution in [0.4, 0.5) is 10.5 Å². The molecule has 5 heteroatoms. The predicted octanol–water partition coefficient (Wildman–Crippen LogP) is 4.38. The van der Waals surface area contributed by atoms with Gasteiger partial charge in [-0.05, 0) is 51.8 Å². The Bertz CT molecular complexity index is 795. The van der Waals surface area contributed by atoms with Crippen LogP contribution < -0.4 is 10.6 Å². The zero-order valence-corrected chi connectivity index (χ0v) is 16.6. The second kappa shape index (κ2) is 8.71. The Balaban J connectivity index is 2.16. The van der Waals surface area contributed by atoms with Crippen LogP contribution >= 0.6 is 0 Å². The number of aryl methyl sites for hydroxylation is 2. The number of hydrogen-bond donors (Lipinski definition) is 2. The first-order chi connectivity index (χ1) is 12.6. The predicted molar refractivity (Wildman–Crippen MR) is 108 cm³/mol. The second-order valence-electron chi connectivity index (χ2n) is 7.70. The fourth-order valence-corrected chi connectivity index (χ4v) is 2.68. The molecule has 0 fully saturated rings. The lowest BCUT2D eigenvalue weighted by atomic mass is 10.0. The number of hydrogen-bond acceptors (Lipinski definition) is 3. The van der Waals surface area contributed by atoms with Crippen molar-refractivity contribution in [3.63, 3.8) is 0 Å². The maximum atomic E-state index is 12.9. The summed E-state index contributed by atoms with van der Waals surface area (Å²) in [7, 11) is 0. The molecule has 1 atom stereocenters. The number of benzene rings is 2. The van der Waals surface area contributed by atoms with Crippen molar-refractivity contribution in [1.29, 1.82) is 0 Å². The van der Waals surface area contributed by atoms with E-state index in [1.54, 1.807) is 20.8 Å². The number of carbonyl (C=O) groups is 2. The third-order valence-electron chi connectivity index (χ3n) is 3.93. The van der Waals surface area contributed by atoms with Gasteiger partial charge in [0, 0.05) is 12.1 Å². The Hall–Kier alpha value is -2.82. The molecule has 144 valence electrons. The normalized spacial score (nSPS) is 12.2. The lowest BCUT2D eigenvalue weighted by molar-refractivity contribution is -0.118. The minimum absolute atomic E-state index is 0.281. The van der Waals surface area contributed by atoms with Crippen LogP contribution in [-0.4, -0.2) is 23.6 Å². The zero-order valence-electron chi connectivity index (χ0n) is 16.6. The van der Waals surface area contributed by atoms with Gasteiger partial charge in [0.15, 0.2) is 0 Å².